The molecule has 0 aliphatic rings. The monoisotopic (exact) mass is 970 g/mol. The zero-order valence-electron chi connectivity index (χ0n) is 39.4. The summed E-state index contributed by atoms with van der Waals surface area (Å²) in [6.45, 7) is 9.27. The molecule has 0 bridgehead atoms. The van der Waals surface area contributed by atoms with E-state index in [-0.39, 0.29) is 0 Å². The number of fused-ring (bicyclic) bond motifs is 2. The second-order valence-corrected chi connectivity index (χ2v) is 24.4. The van der Waals surface area contributed by atoms with E-state index < -0.39 is 0 Å². The molecule has 0 fully saturated rings. The minimum absolute atomic E-state index is 0.770. The van der Waals surface area contributed by atoms with E-state index in [1.165, 1.54) is 196 Å². The summed E-state index contributed by atoms with van der Waals surface area (Å²) in [5, 5.41) is 8.44. The zero-order valence-corrected chi connectivity index (χ0v) is 44.3. The first kappa shape index (κ1) is 49.6. The molecule has 0 aliphatic carbocycles. The van der Waals surface area contributed by atoms with Crippen LogP contribution in [0.15, 0.2) is 47.4 Å². The van der Waals surface area contributed by atoms with Gasteiger partial charge in [-0.1, -0.05) is 182 Å². The normalized spacial score (nSPS) is 12.9. The van der Waals surface area contributed by atoms with Crippen LogP contribution >= 0.6 is 68.0 Å². The number of rotatable bonds is 32. The second kappa shape index (κ2) is 26.9. The first-order valence-electron chi connectivity index (χ1n) is 25.3. The fraction of sp³-hybridized carbons (Fsp3) is 0.593. The van der Waals surface area contributed by atoms with Gasteiger partial charge in [0.05, 0.1) is 41.3 Å². The topological polar surface area (TPSA) is 51.6 Å². The van der Waals surface area contributed by atoms with Crippen molar-refractivity contribution in [1.29, 1.82) is 0 Å². The third-order valence-electron chi connectivity index (χ3n) is 13.1. The van der Waals surface area contributed by atoms with Crippen LogP contribution in [-0.4, -0.2) is 19.9 Å². The average Bonchev–Trinajstić information content (AvgIpc) is 4.17. The Morgan fingerprint density at radius 2 is 0.766 bits per heavy atom. The second-order valence-electron chi connectivity index (χ2n) is 18.3. The predicted molar refractivity (Wildman–Crippen MR) is 290 cm³/mol. The third-order valence-corrected chi connectivity index (χ3v) is 19.3. The van der Waals surface area contributed by atoms with Crippen molar-refractivity contribution in [1.82, 2.24) is 19.9 Å². The Bertz CT molecular complexity index is 2130. The molecule has 7 rings (SSSR count). The molecule has 0 radical (unpaired) electrons. The Kier molecular flexibility index (Phi) is 20.8. The van der Waals surface area contributed by atoms with E-state index in [9.17, 15) is 0 Å². The van der Waals surface area contributed by atoms with Crippen molar-refractivity contribution in [2.24, 2.45) is 11.8 Å². The summed E-state index contributed by atoms with van der Waals surface area (Å²) in [4.78, 5) is 26.6. The number of thiazole rings is 4. The maximum atomic E-state index is 5.56. The maximum absolute atomic E-state index is 5.56. The van der Waals surface area contributed by atoms with Crippen molar-refractivity contribution in [3.05, 3.63) is 57.2 Å². The Balaban J connectivity index is 1.17. The zero-order chi connectivity index (χ0) is 44.4. The molecule has 7 aromatic rings. The Morgan fingerprint density at radius 3 is 1.12 bits per heavy atom. The Hall–Kier alpha value is -2.34. The predicted octanol–water partition coefficient (Wildman–Crippen LogP) is 20.4. The highest BCUT2D eigenvalue weighted by Crippen LogP contribution is 2.51. The van der Waals surface area contributed by atoms with Crippen LogP contribution in [0, 0.1) is 11.8 Å². The number of unbranched alkanes of at least 4 members (excludes halogenated alkanes) is 16. The molecule has 0 saturated heterocycles. The van der Waals surface area contributed by atoms with Crippen molar-refractivity contribution >= 4 is 88.5 Å². The lowest BCUT2D eigenvalue weighted by atomic mass is 9.91. The Labute approximate surface area is 409 Å². The van der Waals surface area contributed by atoms with Gasteiger partial charge in [0.1, 0.15) is 20.0 Å². The van der Waals surface area contributed by atoms with Crippen LogP contribution in [0.3, 0.4) is 0 Å². The molecule has 4 nitrogen and oxygen atoms in total. The van der Waals surface area contributed by atoms with E-state index in [1.54, 1.807) is 22.7 Å². The first-order valence-corrected chi connectivity index (χ1v) is 30.4. The molecule has 0 spiro atoms. The summed E-state index contributed by atoms with van der Waals surface area (Å²) >= 11 is 11.0. The summed E-state index contributed by atoms with van der Waals surface area (Å²) in [6, 6.07) is 9.50. The van der Waals surface area contributed by atoms with Crippen molar-refractivity contribution < 1.29 is 0 Å². The smallest absolute Gasteiger partial charge is 0.134 e. The van der Waals surface area contributed by atoms with E-state index in [0.29, 0.717) is 0 Å². The van der Waals surface area contributed by atoms with Crippen LogP contribution in [-0.2, 0) is 12.8 Å². The number of aromatic nitrogens is 4. The molecule has 0 aliphatic heterocycles. The highest BCUT2D eigenvalue weighted by atomic mass is 32.1. The van der Waals surface area contributed by atoms with Gasteiger partial charge in [-0.05, 0) is 48.9 Å². The number of thiophene rings is 2. The summed E-state index contributed by atoms with van der Waals surface area (Å²) in [5.41, 5.74) is 4.36. The molecular formula is C54H74N4S6. The summed E-state index contributed by atoms with van der Waals surface area (Å²) in [7, 11) is 0. The van der Waals surface area contributed by atoms with Crippen LogP contribution < -0.4 is 0 Å². The molecule has 6 aromatic heterocycles. The molecule has 0 amide bonds. The lowest BCUT2D eigenvalue weighted by Crippen LogP contribution is -2.04. The quantitative estimate of drug-likeness (QED) is 0.0395. The number of hydrogen-bond donors (Lipinski definition) is 0. The highest BCUT2D eigenvalue weighted by Gasteiger charge is 2.27. The minimum Gasteiger partial charge on any atom is -0.244 e. The van der Waals surface area contributed by atoms with Gasteiger partial charge in [-0.3, -0.25) is 0 Å². The molecular weight excluding hydrogens is 897 g/mol. The van der Waals surface area contributed by atoms with Crippen molar-refractivity contribution in [3.63, 3.8) is 0 Å². The molecule has 1 aromatic carbocycles. The van der Waals surface area contributed by atoms with Crippen LogP contribution in [0.5, 0.6) is 0 Å². The average molecular weight is 972 g/mol. The third kappa shape index (κ3) is 13.9. The largest absolute Gasteiger partial charge is 0.244 e. The minimum atomic E-state index is 0.770. The van der Waals surface area contributed by atoms with Crippen molar-refractivity contribution in [3.8, 4) is 40.9 Å². The molecule has 0 N–H and O–H groups in total. The lowest BCUT2D eigenvalue weighted by molar-refractivity contribution is 0.404. The number of benzene rings is 1. The van der Waals surface area contributed by atoms with Gasteiger partial charge in [-0.15, -0.1) is 68.0 Å². The summed E-state index contributed by atoms with van der Waals surface area (Å²) < 4.78 is 2.36. The molecule has 6 heterocycles. The maximum Gasteiger partial charge on any atom is 0.134 e. The molecule has 0 saturated carbocycles. The van der Waals surface area contributed by atoms with E-state index in [2.05, 4.69) is 62.7 Å². The van der Waals surface area contributed by atoms with E-state index in [4.69, 9.17) is 19.9 Å². The van der Waals surface area contributed by atoms with Crippen molar-refractivity contribution in [2.45, 2.75) is 195 Å². The molecule has 64 heavy (non-hydrogen) atoms. The van der Waals surface area contributed by atoms with E-state index in [1.807, 2.05) is 57.7 Å². The Morgan fingerprint density at radius 1 is 0.406 bits per heavy atom. The van der Waals surface area contributed by atoms with Crippen LogP contribution in [0.1, 0.15) is 192 Å². The van der Waals surface area contributed by atoms with Gasteiger partial charge in [-0.2, -0.15) is 0 Å². The summed E-state index contributed by atoms with van der Waals surface area (Å²) in [6.07, 6.45) is 39.0. The van der Waals surface area contributed by atoms with Gasteiger partial charge >= 0.3 is 0 Å². The standard InChI is InChI=1S/C54H74N4S6/c1-5-9-13-17-19-23-27-39(25-21-15-11-7-3)37-41-29-31-43(61-41)51-57-47-45(53-55-33-35-59-53)50-48(46(49(47)63-51)54-56-34-36-60-54)58-52(64-50)44-32-30-42(62-44)38-40(26-22-16-12-8-4)28-24-20-18-14-10-6-2/h29-36,39-40H,5-28,37-38H2,1-4H3. The van der Waals surface area contributed by atoms with Gasteiger partial charge in [0, 0.05) is 32.9 Å². The molecule has 2 unspecified atom stereocenters. The number of hydrogen-bond acceptors (Lipinski definition) is 10. The highest BCUT2D eigenvalue weighted by molar-refractivity contribution is 7.28. The van der Waals surface area contributed by atoms with Gasteiger partial charge in [0.15, 0.2) is 0 Å². The first-order chi connectivity index (χ1) is 31.6. The molecule has 2 atom stereocenters. The van der Waals surface area contributed by atoms with Gasteiger partial charge in [-0.25, -0.2) is 19.9 Å². The molecule has 346 valence electrons. The fourth-order valence-electron chi connectivity index (χ4n) is 9.45. The molecule has 10 heteroatoms. The van der Waals surface area contributed by atoms with Crippen LogP contribution in [0.25, 0.3) is 61.3 Å². The fourth-order valence-corrected chi connectivity index (χ4v) is 15.5. The van der Waals surface area contributed by atoms with Gasteiger partial charge < -0.3 is 0 Å². The summed E-state index contributed by atoms with van der Waals surface area (Å²) in [5.74, 6) is 1.54. The van der Waals surface area contributed by atoms with Gasteiger partial charge in [0.25, 0.3) is 0 Å². The lowest BCUT2D eigenvalue weighted by Gasteiger charge is -2.16. The van der Waals surface area contributed by atoms with E-state index >= 15 is 0 Å². The van der Waals surface area contributed by atoms with E-state index in [0.717, 1.165) is 54.0 Å². The van der Waals surface area contributed by atoms with Crippen LogP contribution in [0.2, 0.25) is 0 Å². The van der Waals surface area contributed by atoms with Crippen molar-refractivity contribution in [2.75, 3.05) is 0 Å². The number of nitrogens with zero attached hydrogens (tertiary/aromatic N) is 4. The van der Waals surface area contributed by atoms with Crippen LogP contribution in [0.4, 0.5) is 0 Å². The van der Waals surface area contributed by atoms with Gasteiger partial charge in [0.2, 0.25) is 0 Å². The SMILES string of the molecule is CCCCCCCCC(CCCCCC)Cc1ccc(-c2nc3c(-c4nccs4)c4sc(-c5ccc(CC(CCCCCC)CCCCCCCC)s5)nc4c(-c4nccs4)c3s2)s1.